The van der Waals surface area contributed by atoms with E-state index in [1.165, 1.54) is 5.56 Å². The molecular formula is C23H25N3O2. The molecule has 0 unspecified atom stereocenters. The van der Waals surface area contributed by atoms with Crippen molar-refractivity contribution in [2.24, 2.45) is 0 Å². The van der Waals surface area contributed by atoms with E-state index in [1.54, 1.807) is 18.5 Å². The fraction of sp³-hybridized carbons (Fsp3) is 0.217. The van der Waals surface area contributed by atoms with Crippen LogP contribution >= 0.6 is 0 Å². The molecule has 0 radical (unpaired) electrons. The molecule has 0 saturated carbocycles. The first-order chi connectivity index (χ1) is 13.6. The molecule has 1 amide bonds. The number of pyridine rings is 1. The third-order valence-corrected chi connectivity index (χ3v) is 4.07. The lowest BCUT2D eigenvalue weighted by molar-refractivity contribution is 0.0954. The molecule has 2 aromatic carbocycles. The van der Waals surface area contributed by atoms with E-state index in [1.807, 2.05) is 56.3 Å². The van der Waals surface area contributed by atoms with Gasteiger partial charge in [-0.05, 0) is 44.0 Å². The third-order valence-electron chi connectivity index (χ3n) is 4.07. The van der Waals surface area contributed by atoms with Gasteiger partial charge in [-0.1, -0.05) is 42.5 Å². The van der Waals surface area contributed by atoms with Gasteiger partial charge in [-0.15, -0.1) is 0 Å². The van der Waals surface area contributed by atoms with E-state index in [-0.39, 0.29) is 12.0 Å². The lowest BCUT2D eigenvalue weighted by Gasteiger charge is -2.15. The molecule has 28 heavy (non-hydrogen) atoms. The summed E-state index contributed by atoms with van der Waals surface area (Å²) in [5.41, 5.74) is 3.27. The van der Waals surface area contributed by atoms with Gasteiger partial charge in [0.1, 0.15) is 5.75 Å². The smallest absolute Gasteiger partial charge is 0.252 e. The van der Waals surface area contributed by atoms with Crippen LogP contribution in [0.5, 0.6) is 5.75 Å². The fourth-order valence-electron chi connectivity index (χ4n) is 2.78. The summed E-state index contributed by atoms with van der Waals surface area (Å²) in [6.07, 6.45) is 4.12. The molecule has 1 aromatic heterocycles. The molecule has 144 valence electrons. The molecule has 5 nitrogen and oxygen atoms in total. The van der Waals surface area contributed by atoms with E-state index < -0.39 is 0 Å². The normalized spacial score (nSPS) is 10.5. The van der Waals surface area contributed by atoms with Gasteiger partial charge < -0.3 is 15.4 Å². The average molecular weight is 375 g/mol. The van der Waals surface area contributed by atoms with Crippen LogP contribution in [0.15, 0.2) is 73.1 Å². The summed E-state index contributed by atoms with van der Waals surface area (Å²) in [7, 11) is 0. The minimum absolute atomic E-state index is 0.0720. The minimum atomic E-state index is -0.140. The Labute approximate surface area is 165 Å². The summed E-state index contributed by atoms with van der Waals surface area (Å²) in [6, 6.07) is 19.6. The quantitative estimate of drug-likeness (QED) is 0.605. The molecule has 0 saturated heterocycles. The maximum absolute atomic E-state index is 12.4. The number of rotatable bonds is 8. The molecule has 2 N–H and O–H groups in total. The van der Waals surface area contributed by atoms with Crippen molar-refractivity contribution >= 4 is 17.3 Å². The number of anilines is 2. The first-order valence-electron chi connectivity index (χ1n) is 9.41. The van der Waals surface area contributed by atoms with Gasteiger partial charge in [0.25, 0.3) is 5.91 Å². The Hall–Kier alpha value is -3.34. The number of carbonyl (C=O) groups excluding carboxylic acids is 1. The van der Waals surface area contributed by atoms with Gasteiger partial charge in [0.2, 0.25) is 0 Å². The van der Waals surface area contributed by atoms with E-state index in [0.717, 1.165) is 23.5 Å². The van der Waals surface area contributed by atoms with Crippen molar-refractivity contribution in [3.05, 3.63) is 84.2 Å². The Bertz CT molecular complexity index is 910. The first-order valence-corrected chi connectivity index (χ1v) is 9.41. The van der Waals surface area contributed by atoms with E-state index >= 15 is 0 Å². The largest absolute Gasteiger partial charge is 0.489 e. The van der Waals surface area contributed by atoms with Crippen LogP contribution < -0.4 is 15.4 Å². The topological polar surface area (TPSA) is 63.2 Å². The highest BCUT2D eigenvalue weighted by atomic mass is 16.5. The van der Waals surface area contributed by atoms with Crippen LogP contribution in [-0.2, 0) is 6.42 Å². The summed E-state index contributed by atoms with van der Waals surface area (Å²) in [6.45, 7) is 4.54. The van der Waals surface area contributed by atoms with Crippen molar-refractivity contribution in [2.75, 3.05) is 11.9 Å². The molecule has 0 bridgehead atoms. The van der Waals surface area contributed by atoms with E-state index in [2.05, 4.69) is 27.8 Å². The summed E-state index contributed by atoms with van der Waals surface area (Å²) in [4.78, 5) is 16.6. The van der Waals surface area contributed by atoms with Crippen LogP contribution in [0.1, 0.15) is 29.8 Å². The Kier molecular flexibility index (Phi) is 6.63. The molecule has 3 aromatic rings. The van der Waals surface area contributed by atoms with Crippen molar-refractivity contribution < 1.29 is 9.53 Å². The van der Waals surface area contributed by atoms with Gasteiger partial charge >= 0.3 is 0 Å². The monoisotopic (exact) mass is 375 g/mol. The molecule has 0 aliphatic carbocycles. The highest BCUT2D eigenvalue weighted by Gasteiger charge is 2.09. The zero-order valence-corrected chi connectivity index (χ0v) is 16.2. The Balaban J connectivity index is 1.63. The van der Waals surface area contributed by atoms with Gasteiger partial charge in [0.15, 0.2) is 0 Å². The lowest BCUT2D eigenvalue weighted by atomic mass is 10.1. The van der Waals surface area contributed by atoms with Crippen LogP contribution in [0.2, 0.25) is 0 Å². The van der Waals surface area contributed by atoms with Crippen LogP contribution in [-0.4, -0.2) is 23.5 Å². The fourth-order valence-corrected chi connectivity index (χ4v) is 2.78. The number of nitrogens with zero attached hydrogens (tertiary/aromatic N) is 1. The molecule has 3 rings (SSSR count). The number of hydrogen-bond donors (Lipinski definition) is 2. The van der Waals surface area contributed by atoms with Crippen LogP contribution in [0, 0.1) is 0 Å². The number of aromatic nitrogens is 1. The average Bonchev–Trinajstić information content (AvgIpc) is 2.70. The number of benzene rings is 2. The Morgan fingerprint density at radius 2 is 1.79 bits per heavy atom. The first kappa shape index (κ1) is 19.4. The van der Waals surface area contributed by atoms with Gasteiger partial charge in [-0.25, -0.2) is 0 Å². The Morgan fingerprint density at radius 3 is 2.57 bits per heavy atom. The SMILES string of the molecule is CC(C)Oc1ccccc1Nc1cncc(C(=O)NCCc2ccccc2)c1. The molecule has 1 heterocycles. The van der Waals surface area contributed by atoms with Crippen LogP contribution in [0.3, 0.4) is 0 Å². The van der Waals surface area contributed by atoms with Crippen molar-refractivity contribution in [1.82, 2.24) is 10.3 Å². The van der Waals surface area contributed by atoms with Gasteiger partial charge in [0, 0.05) is 12.7 Å². The molecule has 0 atom stereocenters. The summed E-state index contributed by atoms with van der Waals surface area (Å²) >= 11 is 0. The number of ether oxygens (including phenoxy) is 1. The van der Waals surface area contributed by atoms with Crippen molar-refractivity contribution in [3.8, 4) is 5.75 Å². The molecule has 0 aliphatic rings. The second-order valence-electron chi connectivity index (χ2n) is 6.74. The third kappa shape index (κ3) is 5.58. The summed E-state index contributed by atoms with van der Waals surface area (Å²) < 4.78 is 5.83. The molecule has 0 fully saturated rings. The van der Waals surface area contributed by atoms with E-state index in [4.69, 9.17) is 4.74 Å². The van der Waals surface area contributed by atoms with E-state index in [9.17, 15) is 4.79 Å². The Morgan fingerprint density at radius 1 is 1.04 bits per heavy atom. The molecule has 0 aliphatic heterocycles. The number of carbonyl (C=O) groups is 1. The highest BCUT2D eigenvalue weighted by Crippen LogP contribution is 2.28. The maximum Gasteiger partial charge on any atom is 0.252 e. The molecule has 0 spiro atoms. The van der Waals surface area contributed by atoms with Gasteiger partial charge in [-0.3, -0.25) is 9.78 Å². The van der Waals surface area contributed by atoms with Crippen molar-refractivity contribution in [2.45, 2.75) is 26.4 Å². The number of hydrogen-bond acceptors (Lipinski definition) is 4. The van der Waals surface area contributed by atoms with E-state index in [0.29, 0.717) is 12.1 Å². The number of para-hydroxylation sites is 2. The summed E-state index contributed by atoms with van der Waals surface area (Å²) in [5.74, 6) is 0.619. The molecular weight excluding hydrogens is 350 g/mol. The number of amides is 1. The number of nitrogens with one attached hydrogen (secondary N) is 2. The zero-order chi connectivity index (χ0) is 19.8. The predicted molar refractivity (Wildman–Crippen MR) is 112 cm³/mol. The standard InChI is InChI=1S/C23H25N3O2/c1-17(2)28-22-11-7-6-10-21(22)26-20-14-19(15-24-16-20)23(27)25-13-12-18-8-4-3-5-9-18/h3-11,14-17,26H,12-13H2,1-2H3,(H,25,27). The second kappa shape index (κ2) is 9.55. The molecule has 5 heteroatoms. The van der Waals surface area contributed by atoms with Crippen molar-refractivity contribution in [3.63, 3.8) is 0 Å². The second-order valence-corrected chi connectivity index (χ2v) is 6.74. The van der Waals surface area contributed by atoms with Crippen molar-refractivity contribution in [1.29, 1.82) is 0 Å². The lowest BCUT2D eigenvalue weighted by Crippen LogP contribution is -2.25. The zero-order valence-electron chi connectivity index (χ0n) is 16.2. The highest BCUT2D eigenvalue weighted by molar-refractivity contribution is 5.94. The van der Waals surface area contributed by atoms with Gasteiger partial charge in [-0.2, -0.15) is 0 Å². The minimum Gasteiger partial charge on any atom is -0.489 e. The van der Waals surface area contributed by atoms with Crippen LogP contribution in [0.25, 0.3) is 0 Å². The predicted octanol–water partition coefficient (Wildman–Crippen LogP) is 4.58. The van der Waals surface area contributed by atoms with Gasteiger partial charge in [0.05, 0.1) is 29.2 Å². The van der Waals surface area contributed by atoms with Crippen LogP contribution in [0.4, 0.5) is 11.4 Å². The maximum atomic E-state index is 12.4. The summed E-state index contributed by atoms with van der Waals surface area (Å²) in [5, 5.41) is 6.23.